The van der Waals surface area contributed by atoms with Crippen LogP contribution in [0.15, 0.2) is 54.6 Å². The van der Waals surface area contributed by atoms with Crippen LogP contribution in [0.3, 0.4) is 0 Å². The smallest absolute Gasteiger partial charge is 0.0378 e. The predicted molar refractivity (Wildman–Crippen MR) is 92.8 cm³/mol. The summed E-state index contributed by atoms with van der Waals surface area (Å²) in [5.74, 6) is 0.772. The van der Waals surface area contributed by atoms with Crippen molar-refractivity contribution in [3.05, 3.63) is 65.7 Å². The number of para-hydroxylation sites is 1. The van der Waals surface area contributed by atoms with Gasteiger partial charge in [-0.2, -0.15) is 0 Å². The summed E-state index contributed by atoms with van der Waals surface area (Å²) in [6.45, 7) is 6.85. The molecule has 0 aliphatic carbocycles. The fourth-order valence-electron chi connectivity index (χ4n) is 2.55. The van der Waals surface area contributed by atoms with Crippen LogP contribution in [0, 0.1) is 5.92 Å². The number of hydrogen-bond acceptors (Lipinski definition) is 1. The second-order valence-corrected chi connectivity index (χ2v) is 6.34. The summed E-state index contributed by atoms with van der Waals surface area (Å²) in [6, 6.07) is 19.9. The molecule has 0 radical (unpaired) electrons. The molecule has 0 saturated heterocycles. The molecule has 2 aromatic carbocycles. The van der Waals surface area contributed by atoms with E-state index in [-0.39, 0.29) is 0 Å². The molecule has 1 nitrogen and oxygen atoms in total. The average molecular weight is 281 g/mol. The van der Waals surface area contributed by atoms with Crippen molar-refractivity contribution in [2.75, 3.05) is 5.32 Å². The zero-order valence-corrected chi connectivity index (χ0v) is 13.5. The molecule has 1 heteroatoms. The summed E-state index contributed by atoms with van der Waals surface area (Å²) in [6.07, 6.45) is 3.48. The van der Waals surface area contributed by atoms with Crippen molar-refractivity contribution in [3.63, 3.8) is 0 Å². The Morgan fingerprint density at radius 1 is 0.810 bits per heavy atom. The van der Waals surface area contributed by atoms with Gasteiger partial charge < -0.3 is 5.32 Å². The SMILES string of the molecule is CC(C)CCC(C)Nc1ccccc1Cc1ccccc1. The molecule has 0 heterocycles. The molecule has 0 aliphatic rings. The number of nitrogens with one attached hydrogen (secondary N) is 1. The standard InChI is InChI=1S/C20H27N/c1-16(2)13-14-17(3)21-20-12-8-7-11-19(20)15-18-9-5-4-6-10-18/h4-12,16-17,21H,13-15H2,1-3H3. The molecule has 2 aromatic rings. The van der Waals surface area contributed by atoms with Crippen LogP contribution in [0.5, 0.6) is 0 Å². The first kappa shape index (κ1) is 15.6. The van der Waals surface area contributed by atoms with E-state index in [1.807, 2.05) is 0 Å². The number of rotatable bonds is 7. The van der Waals surface area contributed by atoms with Crippen LogP contribution < -0.4 is 5.32 Å². The van der Waals surface area contributed by atoms with Crippen molar-refractivity contribution < 1.29 is 0 Å². The van der Waals surface area contributed by atoms with E-state index in [1.165, 1.54) is 29.7 Å². The number of benzene rings is 2. The van der Waals surface area contributed by atoms with E-state index in [0.717, 1.165) is 12.3 Å². The summed E-state index contributed by atoms with van der Waals surface area (Å²) >= 11 is 0. The predicted octanol–water partition coefficient (Wildman–Crippen LogP) is 5.51. The molecular formula is C20H27N. The van der Waals surface area contributed by atoms with Gasteiger partial charge in [0.1, 0.15) is 0 Å². The zero-order valence-electron chi connectivity index (χ0n) is 13.5. The lowest BCUT2D eigenvalue weighted by Gasteiger charge is -2.19. The third-order valence-electron chi connectivity index (χ3n) is 3.83. The molecule has 1 atom stereocenters. The molecule has 21 heavy (non-hydrogen) atoms. The van der Waals surface area contributed by atoms with Gasteiger partial charge in [0.05, 0.1) is 0 Å². The molecule has 1 N–H and O–H groups in total. The van der Waals surface area contributed by atoms with Crippen molar-refractivity contribution in [2.24, 2.45) is 5.92 Å². The fourth-order valence-corrected chi connectivity index (χ4v) is 2.55. The highest BCUT2D eigenvalue weighted by Gasteiger charge is 2.07. The first-order valence-electron chi connectivity index (χ1n) is 8.03. The first-order valence-corrected chi connectivity index (χ1v) is 8.03. The summed E-state index contributed by atoms with van der Waals surface area (Å²) in [4.78, 5) is 0. The molecule has 0 aliphatic heterocycles. The minimum absolute atomic E-state index is 0.518. The van der Waals surface area contributed by atoms with Crippen molar-refractivity contribution in [2.45, 2.75) is 46.1 Å². The zero-order chi connectivity index (χ0) is 15.1. The second kappa shape index (κ2) is 7.87. The fraction of sp³-hybridized carbons (Fsp3) is 0.400. The molecule has 0 saturated carbocycles. The Morgan fingerprint density at radius 3 is 2.19 bits per heavy atom. The Balaban J connectivity index is 2.03. The van der Waals surface area contributed by atoms with Gasteiger partial charge in [0, 0.05) is 11.7 Å². The number of hydrogen-bond donors (Lipinski definition) is 1. The molecule has 1 unspecified atom stereocenters. The Kier molecular flexibility index (Phi) is 5.86. The van der Waals surface area contributed by atoms with Gasteiger partial charge in [-0.3, -0.25) is 0 Å². The number of anilines is 1. The first-order chi connectivity index (χ1) is 10.1. The lowest BCUT2D eigenvalue weighted by Crippen LogP contribution is -2.17. The topological polar surface area (TPSA) is 12.0 Å². The maximum Gasteiger partial charge on any atom is 0.0378 e. The van der Waals surface area contributed by atoms with E-state index >= 15 is 0 Å². The van der Waals surface area contributed by atoms with Crippen molar-refractivity contribution in [1.29, 1.82) is 0 Å². The van der Waals surface area contributed by atoms with Crippen LogP contribution >= 0.6 is 0 Å². The molecular weight excluding hydrogens is 254 g/mol. The minimum atomic E-state index is 0.518. The van der Waals surface area contributed by atoms with Gasteiger partial charge >= 0.3 is 0 Å². The van der Waals surface area contributed by atoms with Crippen molar-refractivity contribution in [1.82, 2.24) is 0 Å². The lowest BCUT2D eigenvalue weighted by atomic mass is 10.0. The van der Waals surface area contributed by atoms with Crippen molar-refractivity contribution in [3.8, 4) is 0 Å². The molecule has 0 bridgehead atoms. The Morgan fingerprint density at radius 2 is 1.48 bits per heavy atom. The highest BCUT2D eigenvalue weighted by Crippen LogP contribution is 2.21. The summed E-state index contributed by atoms with van der Waals surface area (Å²) in [5.41, 5.74) is 4.01. The molecule has 0 amide bonds. The van der Waals surface area contributed by atoms with Gasteiger partial charge in [-0.05, 0) is 49.3 Å². The van der Waals surface area contributed by atoms with Crippen LogP contribution in [0.25, 0.3) is 0 Å². The van der Waals surface area contributed by atoms with Crippen LogP contribution in [0.2, 0.25) is 0 Å². The summed E-state index contributed by atoms with van der Waals surface area (Å²) in [7, 11) is 0. The van der Waals surface area contributed by atoms with Gasteiger partial charge in [0.25, 0.3) is 0 Å². The largest absolute Gasteiger partial charge is 0.382 e. The Hall–Kier alpha value is -1.76. The van der Waals surface area contributed by atoms with Crippen LogP contribution in [0.1, 0.15) is 44.7 Å². The maximum atomic E-state index is 3.69. The van der Waals surface area contributed by atoms with Crippen LogP contribution in [-0.4, -0.2) is 6.04 Å². The molecule has 0 spiro atoms. The van der Waals surface area contributed by atoms with E-state index < -0.39 is 0 Å². The van der Waals surface area contributed by atoms with E-state index in [1.54, 1.807) is 0 Å². The molecule has 2 rings (SSSR count). The average Bonchev–Trinajstić information content (AvgIpc) is 2.48. The van der Waals surface area contributed by atoms with Crippen LogP contribution in [-0.2, 0) is 6.42 Å². The van der Waals surface area contributed by atoms with Gasteiger partial charge in [-0.25, -0.2) is 0 Å². The third-order valence-corrected chi connectivity index (χ3v) is 3.83. The quantitative estimate of drug-likeness (QED) is 0.705. The Labute approximate surface area is 129 Å². The van der Waals surface area contributed by atoms with Gasteiger partial charge in [0.15, 0.2) is 0 Å². The highest BCUT2D eigenvalue weighted by atomic mass is 14.9. The molecule has 112 valence electrons. The van der Waals surface area contributed by atoms with E-state index in [9.17, 15) is 0 Å². The summed E-state index contributed by atoms with van der Waals surface area (Å²) in [5, 5.41) is 3.69. The highest BCUT2D eigenvalue weighted by molar-refractivity contribution is 5.53. The minimum Gasteiger partial charge on any atom is -0.382 e. The monoisotopic (exact) mass is 281 g/mol. The lowest BCUT2D eigenvalue weighted by molar-refractivity contribution is 0.527. The van der Waals surface area contributed by atoms with Crippen LogP contribution in [0.4, 0.5) is 5.69 Å². The van der Waals surface area contributed by atoms with Gasteiger partial charge in [0.2, 0.25) is 0 Å². The van der Waals surface area contributed by atoms with Crippen molar-refractivity contribution >= 4 is 5.69 Å². The molecule has 0 aromatic heterocycles. The van der Waals surface area contributed by atoms with E-state index in [2.05, 4.69) is 80.7 Å². The van der Waals surface area contributed by atoms with Gasteiger partial charge in [-0.15, -0.1) is 0 Å². The van der Waals surface area contributed by atoms with Gasteiger partial charge in [-0.1, -0.05) is 62.4 Å². The second-order valence-electron chi connectivity index (χ2n) is 6.34. The normalized spacial score (nSPS) is 12.4. The maximum absolute atomic E-state index is 3.69. The van der Waals surface area contributed by atoms with E-state index in [4.69, 9.17) is 0 Å². The third kappa shape index (κ3) is 5.26. The summed E-state index contributed by atoms with van der Waals surface area (Å²) < 4.78 is 0. The van der Waals surface area contributed by atoms with E-state index in [0.29, 0.717) is 6.04 Å². The molecule has 0 fully saturated rings. The Bertz CT molecular complexity index is 531.